The van der Waals surface area contributed by atoms with Crippen LogP contribution < -0.4 is 0 Å². The quantitative estimate of drug-likeness (QED) is 0.468. The zero-order valence-electron chi connectivity index (χ0n) is 12.2. The largest absolute Gasteiger partial charge is 0.255 e. The fourth-order valence-electron chi connectivity index (χ4n) is 2.90. The number of rotatable bonds is 1. The van der Waals surface area contributed by atoms with Gasteiger partial charge in [-0.15, -0.1) is 0 Å². The van der Waals surface area contributed by atoms with Crippen molar-refractivity contribution in [1.29, 1.82) is 0 Å². The summed E-state index contributed by atoms with van der Waals surface area (Å²) in [7, 11) is 0. The van der Waals surface area contributed by atoms with Crippen molar-refractivity contribution in [2.75, 3.05) is 0 Å². The molecule has 108 valence electrons. The molecule has 0 N–H and O–H groups in total. The van der Waals surface area contributed by atoms with Crippen LogP contribution in [0, 0.1) is 0 Å². The zero-order chi connectivity index (χ0) is 15.2. The van der Waals surface area contributed by atoms with Gasteiger partial charge in [-0.1, -0.05) is 24.3 Å². The van der Waals surface area contributed by atoms with Crippen LogP contribution >= 0.6 is 0 Å². The molecule has 4 aromatic heterocycles. The number of aromatic nitrogens is 4. The minimum absolute atomic E-state index is 0.859. The number of benzene rings is 1. The fourth-order valence-corrected chi connectivity index (χ4v) is 2.90. The fraction of sp³-hybridized carbons (Fsp3) is 0. The molecular formula is C19H12N4. The molecule has 0 unspecified atom stereocenters. The summed E-state index contributed by atoms with van der Waals surface area (Å²) in [5, 5.41) is 7.06. The maximum absolute atomic E-state index is 4.67. The molecule has 0 radical (unpaired) electrons. The Kier molecular flexibility index (Phi) is 2.46. The number of fused-ring (bicyclic) bond motifs is 3. The predicted molar refractivity (Wildman–Crippen MR) is 91.2 cm³/mol. The summed E-state index contributed by atoms with van der Waals surface area (Å²) in [6.45, 7) is 0. The van der Waals surface area contributed by atoms with Crippen LogP contribution in [0.1, 0.15) is 0 Å². The predicted octanol–water partition coefficient (Wildman–Crippen LogP) is 4.10. The minimum Gasteiger partial charge on any atom is -0.255 e. The van der Waals surface area contributed by atoms with E-state index in [1.54, 1.807) is 6.20 Å². The molecular weight excluding hydrogens is 284 g/mol. The molecule has 0 bridgehead atoms. The maximum atomic E-state index is 4.67. The highest BCUT2D eigenvalue weighted by atomic mass is 15.2. The van der Waals surface area contributed by atoms with E-state index >= 15 is 0 Å². The van der Waals surface area contributed by atoms with Crippen LogP contribution in [0.4, 0.5) is 0 Å². The summed E-state index contributed by atoms with van der Waals surface area (Å²) < 4.78 is 1.91. The molecule has 4 heteroatoms. The molecule has 5 rings (SSSR count). The van der Waals surface area contributed by atoms with Gasteiger partial charge in [0.2, 0.25) is 0 Å². The molecule has 0 aliphatic rings. The van der Waals surface area contributed by atoms with E-state index in [0.717, 1.165) is 27.9 Å². The first-order valence-corrected chi connectivity index (χ1v) is 7.47. The van der Waals surface area contributed by atoms with Crippen molar-refractivity contribution >= 4 is 27.3 Å². The van der Waals surface area contributed by atoms with Gasteiger partial charge in [0.1, 0.15) is 5.69 Å². The highest BCUT2D eigenvalue weighted by Crippen LogP contribution is 2.23. The lowest BCUT2D eigenvalue weighted by Crippen LogP contribution is -1.89. The number of hydrogen-bond acceptors (Lipinski definition) is 3. The Hall–Kier alpha value is -3.27. The lowest BCUT2D eigenvalue weighted by atomic mass is 10.1. The van der Waals surface area contributed by atoms with Gasteiger partial charge in [0.25, 0.3) is 0 Å². The Morgan fingerprint density at radius 1 is 0.739 bits per heavy atom. The van der Waals surface area contributed by atoms with E-state index in [2.05, 4.69) is 45.5 Å². The highest BCUT2D eigenvalue weighted by Gasteiger charge is 2.08. The minimum atomic E-state index is 0.859. The van der Waals surface area contributed by atoms with Gasteiger partial charge in [-0.2, -0.15) is 5.10 Å². The first-order chi connectivity index (χ1) is 11.4. The van der Waals surface area contributed by atoms with Crippen LogP contribution in [0.15, 0.2) is 73.1 Å². The summed E-state index contributed by atoms with van der Waals surface area (Å²) in [5.41, 5.74) is 4.56. The van der Waals surface area contributed by atoms with Crippen molar-refractivity contribution in [1.82, 2.24) is 19.6 Å². The van der Waals surface area contributed by atoms with Crippen LogP contribution in [-0.4, -0.2) is 19.6 Å². The first-order valence-electron chi connectivity index (χ1n) is 7.47. The van der Waals surface area contributed by atoms with Crippen LogP contribution in [-0.2, 0) is 0 Å². The SMILES string of the molecule is c1ccc2cn3nc(-c4ccc5ncccc5n4)cc3cc2c1. The van der Waals surface area contributed by atoms with Gasteiger partial charge >= 0.3 is 0 Å². The molecule has 4 nitrogen and oxygen atoms in total. The molecule has 0 amide bonds. The Morgan fingerprint density at radius 2 is 1.65 bits per heavy atom. The normalized spacial score (nSPS) is 11.5. The first kappa shape index (κ1) is 12.3. The van der Waals surface area contributed by atoms with Crippen molar-refractivity contribution in [3.63, 3.8) is 0 Å². The Bertz CT molecular complexity index is 1120. The molecule has 0 fully saturated rings. The van der Waals surface area contributed by atoms with Crippen molar-refractivity contribution < 1.29 is 0 Å². The molecule has 1 aromatic carbocycles. The van der Waals surface area contributed by atoms with Crippen molar-refractivity contribution in [3.05, 3.63) is 73.1 Å². The number of pyridine rings is 3. The molecule has 0 aliphatic carbocycles. The van der Waals surface area contributed by atoms with E-state index < -0.39 is 0 Å². The van der Waals surface area contributed by atoms with Gasteiger partial charge < -0.3 is 0 Å². The second kappa shape index (κ2) is 4.61. The molecule has 5 aromatic rings. The molecule has 0 aliphatic heterocycles. The molecule has 0 saturated heterocycles. The van der Waals surface area contributed by atoms with Crippen LogP contribution in [0.5, 0.6) is 0 Å². The second-order valence-corrected chi connectivity index (χ2v) is 5.54. The topological polar surface area (TPSA) is 43.1 Å². The van der Waals surface area contributed by atoms with Crippen molar-refractivity contribution in [3.8, 4) is 11.4 Å². The lowest BCUT2D eigenvalue weighted by molar-refractivity contribution is 0.971. The Labute approximate surface area is 132 Å². The van der Waals surface area contributed by atoms with Crippen molar-refractivity contribution in [2.24, 2.45) is 0 Å². The van der Waals surface area contributed by atoms with E-state index in [4.69, 9.17) is 0 Å². The third-order valence-electron chi connectivity index (χ3n) is 4.04. The zero-order valence-corrected chi connectivity index (χ0v) is 12.2. The third-order valence-corrected chi connectivity index (χ3v) is 4.04. The smallest absolute Gasteiger partial charge is 0.112 e. The van der Waals surface area contributed by atoms with Gasteiger partial charge in [-0.3, -0.25) is 4.98 Å². The highest BCUT2D eigenvalue weighted by molar-refractivity contribution is 5.86. The summed E-state index contributed by atoms with van der Waals surface area (Å²) in [5.74, 6) is 0. The summed E-state index contributed by atoms with van der Waals surface area (Å²) in [6.07, 6.45) is 3.83. The lowest BCUT2D eigenvalue weighted by Gasteiger charge is -1.99. The van der Waals surface area contributed by atoms with Crippen LogP contribution in [0.2, 0.25) is 0 Å². The van der Waals surface area contributed by atoms with Gasteiger partial charge in [0.15, 0.2) is 0 Å². The maximum Gasteiger partial charge on any atom is 0.112 e. The van der Waals surface area contributed by atoms with Crippen LogP contribution in [0.25, 0.3) is 38.7 Å². The third kappa shape index (κ3) is 1.96. The van der Waals surface area contributed by atoms with E-state index in [0.29, 0.717) is 0 Å². The average Bonchev–Trinajstić information content (AvgIpc) is 3.02. The van der Waals surface area contributed by atoms with E-state index in [-0.39, 0.29) is 0 Å². The van der Waals surface area contributed by atoms with E-state index in [1.807, 2.05) is 40.9 Å². The van der Waals surface area contributed by atoms with Gasteiger partial charge in [0, 0.05) is 17.8 Å². The molecule has 4 heterocycles. The molecule has 0 saturated carbocycles. The van der Waals surface area contributed by atoms with Gasteiger partial charge in [-0.25, -0.2) is 9.50 Å². The summed E-state index contributed by atoms with van der Waals surface area (Å²) in [4.78, 5) is 8.98. The van der Waals surface area contributed by atoms with Gasteiger partial charge in [-0.05, 0) is 41.8 Å². The number of nitrogens with zero attached hydrogens (tertiary/aromatic N) is 4. The van der Waals surface area contributed by atoms with Crippen LogP contribution in [0.3, 0.4) is 0 Å². The number of hydrogen-bond donors (Lipinski definition) is 0. The Balaban J connectivity index is 1.73. The van der Waals surface area contributed by atoms with Crippen molar-refractivity contribution in [2.45, 2.75) is 0 Å². The Morgan fingerprint density at radius 3 is 2.61 bits per heavy atom. The van der Waals surface area contributed by atoms with Gasteiger partial charge in [0.05, 0.1) is 22.2 Å². The molecule has 0 atom stereocenters. The average molecular weight is 296 g/mol. The van der Waals surface area contributed by atoms with E-state index in [1.165, 1.54) is 10.8 Å². The monoisotopic (exact) mass is 296 g/mol. The molecule has 23 heavy (non-hydrogen) atoms. The summed E-state index contributed by atoms with van der Waals surface area (Å²) in [6, 6.07) is 20.3. The molecule has 0 spiro atoms. The second-order valence-electron chi connectivity index (χ2n) is 5.54. The standard InChI is InChI=1S/C19H12N4/c1-2-5-14-12-23-15(10-13(14)4-1)11-19(22-23)18-8-7-16-17(21-18)6-3-9-20-16/h1-12H. The summed E-state index contributed by atoms with van der Waals surface area (Å²) >= 11 is 0. The van der Waals surface area contributed by atoms with E-state index in [9.17, 15) is 0 Å².